The van der Waals surface area contributed by atoms with Crippen LogP contribution in [0.2, 0.25) is 5.02 Å². The highest BCUT2D eigenvalue weighted by atomic mass is 35.5. The van der Waals surface area contributed by atoms with Crippen LogP contribution in [-0.4, -0.2) is 44.3 Å². The van der Waals surface area contributed by atoms with E-state index in [2.05, 4.69) is 5.32 Å². The Kier molecular flexibility index (Phi) is 11.6. The number of sulfonamides is 1. The summed E-state index contributed by atoms with van der Waals surface area (Å²) in [6.45, 7) is 4.05. The number of rotatable bonds is 14. The normalized spacial score (nSPS) is 11.9. The Morgan fingerprint density at radius 2 is 1.41 bits per heavy atom. The molecule has 4 rings (SSSR count). The monoisotopic (exact) mass is 631 g/mol. The lowest BCUT2D eigenvalue weighted by molar-refractivity contribution is -0.140. The summed E-state index contributed by atoms with van der Waals surface area (Å²) in [6, 6.07) is 30.8. The first-order valence-electron chi connectivity index (χ1n) is 14.7. The van der Waals surface area contributed by atoms with Crippen LogP contribution in [0.3, 0.4) is 0 Å². The maximum absolute atomic E-state index is 14.4. The summed E-state index contributed by atoms with van der Waals surface area (Å²) in [5.41, 5.74) is 2.99. The maximum atomic E-state index is 14.4. The standard InChI is InChI=1S/C35H38ClN3O4S/c1-3-4-23-37-35(41)33(24-28-11-7-5-8-12-28)38(25-29-13-9-6-10-14-29)34(40)26-39(31-19-15-27(2)16-20-31)44(42,43)32-21-17-30(36)18-22-32/h5-22,33H,3-4,23-26H2,1-2H3,(H,37,41)/t33-/m0/s1. The Hall–Kier alpha value is -4.14. The number of unbranched alkanes of at least 4 members (excludes halogenated alkanes) is 1. The lowest BCUT2D eigenvalue weighted by Gasteiger charge is -2.34. The molecule has 0 aliphatic rings. The van der Waals surface area contributed by atoms with Crippen molar-refractivity contribution < 1.29 is 18.0 Å². The van der Waals surface area contributed by atoms with Crippen molar-refractivity contribution in [3.63, 3.8) is 0 Å². The molecule has 0 radical (unpaired) electrons. The van der Waals surface area contributed by atoms with Crippen LogP contribution in [0.15, 0.2) is 114 Å². The minimum atomic E-state index is -4.18. The van der Waals surface area contributed by atoms with Gasteiger partial charge in [0, 0.05) is 24.5 Å². The highest BCUT2D eigenvalue weighted by molar-refractivity contribution is 7.92. The van der Waals surface area contributed by atoms with Gasteiger partial charge in [-0.1, -0.05) is 103 Å². The molecule has 0 heterocycles. The number of hydrogen-bond acceptors (Lipinski definition) is 4. The van der Waals surface area contributed by atoms with Gasteiger partial charge >= 0.3 is 0 Å². The predicted molar refractivity (Wildman–Crippen MR) is 176 cm³/mol. The van der Waals surface area contributed by atoms with E-state index >= 15 is 0 Å². The van der Waals surface area contributed by atoms with E-state index in [-0.39, 0.29) is 23.8 Å². The van der Waals surface area contributed by atoms with Crippen LogP contribution in [0.25, 0.3) is 0 Å². The van der Waals surface area contributed by atoms with Crippen molar-refractivity contribution in [1.29, 1.82) is 0 Å². The largest absolute Gasteiger partial charge is 0.354 e. The van der Waals surface area contributed by atoms with Crippen LogP contribution in [0.1, 0.15) is 36.5 Å². The number of nitrogens with one attached hydrogen (secondary N) is 1. The SMILES string of the molecule is CCCCNC(=O)[C@H](Cc1ccccc1)N(Cc1ccccc1)C(=O)CN(c1ccc(C)cc1)S(=O)(=O)c1ccc(Cl)cc1. The van der Waals surface area contributed by atoms with Gasteiger partial charge in [-0.2, -0.15) is 0 Å². The van der Waals surface area contributed by atoms with E-state index < -0.39 is 28.5 Å². The van der Waals surface area contributed by atoms with Gasteiger partial charge in [-0.15, -0.1) is 0 Å². The minimum absolute atomic E-state index is 0.00280. The molecule has 44 heavy (non-hydrogen) atoms. The van der Waals surface area contributed by atoms with Crippen molar-refractivity contribution in [1.82, 2.24) is 10.2 Å². The fourth-order valence-corrected chi connectivity index (χ4v) is 6.35. The molecule has 2 amide bonds. The number of hydrogen-bond donors (Lipinski definition) is 1. The summed E-state index contributed by atoms with van der Waals surface area (Å²) < 4.78 is 29.2. The molecule has 230 valence electrons. The van der Waals surface area contributed by atoms with Gasteiger partial charge in [-0.05, 0) is 60.9 Å². The van der Waals surface area contributed by atoms with Crippen molar-refractivity contribution in [3.05, 3.63) is 131 Å². The Morgan fingerprint density at radius 3 is 2.00 bits per heavy atom. The Labute approximate surface area is 265 Å². The molecule has 4 aromatic rings. The number of amides is 2. The molecule has 0 unspecified atom stereocenters. The summed E-state index contributed by atoms with van der Waals surface area (Å²) in [6.07, 6.45) is 1.98. The van der Waals surface area contributed by atoms with E-state index in [0.29, 0.717) is 17.3 Å². The van der Waals surface area contributed by atoms with Crippen LogP contribution in [0, 0.1) is 6.92 Å². The van der Waals surface area contributed by atoms with Crippen LogP contribution < -0.4 is 9.62 Å². The Balaban J connectivity index is 1.77. The second kappa shape index (κ2) is 15.5. The lowest BCUT2D eigenvalue weighted by Crippen LogP contribution is -2.53. The first-order valence-corrected chi connectivity index (χ1v) is 16.5. The topological polar surface area (TPSA) is 86.8 Å². The third-order valence-electron chi connectivity index (χ3n) is 7.30. The third-order valence-corrected chi connectivity index (χ3v) is 9.34. The first-order chi connectivity index (χ1) is 21.2. The third kappa shape index (κ3) is 8.71. The quantitative estimate of drug-likeness (QED) is 0.163. The predicted octanol–water partition coefficient (Wildman–Crippen LogP) is 6.40. The average molecular weight is 632 g/mol. The molecule has 1 atom stereocenters. The van der Waals surface area contributed by atoms with E-state index in [4.69, 9.17) is 11.6 Å². The second-order valence-electron chi connectivity index (χ2n) is 10.7. The van der Waals surface area contributed by atoms with E-state index in [1.807, 2.05) is 74.5 Å². The molecule has 4 aromatic carbocycles. The number of anilines is 1. The van der Waals surface area contributed by atoms with E-state index in [1.54, 1.807) is 24.3 Å². The van der Waals surface area contributed by atoms with Gasteiger partial charge in [-0.3, -0.25) is 13.9 Å². The Morgan fingerprint density at radius 1 is 0.818 bits per heavy atom. The zero-order valence-corrected chi connectivity index (χ0v) is 26.6. The second-order valence-corrected chi connectivity index (χ2v) is 13.0. The smallest absolute Gasteiger partial charge is 0.264 e. The summed E-state index contributed by atoms with van der Waals surface area (Å²) in [5, 5.41) is 3.40. The highest BCUT2D eigenvalue weighted by Gasteiger charge is 2.34. The van der Waals surface area contributed by atoms with Crippen molar-refractivity contribution in [2.24, 2.45) is 0 Å². The summed E-state index contributed by atoms with van der Waals surface area (Å²) in [4.78, 5) is 29.7. The van der Waals surface area contributed by atoms with Crippen LogP contribution >= 0.6 is 11.6 Å². The molecule has 1 N–H and O–H groups in total. The van der Waals surface area contributed by atoms with E-state index in [9.17, 15) is 18.0 Å². The molecule has 0 saturated heterocycles. The molecular formula is C35H38ClN3O4S. The van der Waals surface area contributed by atoms with Gasteiger partial charge < -0.3 is 10.2 Å². The molecule has 0 saturated carbocycles. The fraction of sp³-hybridized carbons (Fsp3) is 0.257. The molecular weight excluding hydrogens is 594 g/mol. The van der Waals surface area contributed by atoms with Crippen LogP contribution in [0.5, 0.6) is 0 Å². The van der Waals surface area contributed by atoms with Gasteiger partial charge in [0.1, 0.15) is 12.6 Å². The van der Waals surface area contributed by atoms with Crippen LogP contribution in [-0.2, 0) is 32.6 Å². The minimum Gasteiger partial charge on any atom is -0.354 e. The van der Waals surface area contributed by atoms with Crippen molar-refractivity contribution >= 4 is 39.1 Å². The molecule has 0 aliphatic carbocycles. The zero-order valence-electron chi connectivity index (χ0n) is 25.0. The van der Waals surface area contributed by atoms with E-state index in [0.717, 1.165) is 33.8 Å². The maximum Gasteiger partial charge on any atom is 0.264 e. The van der Waals surface area contributed by atoms with Gasteiger partial charge in [-0.25, -0.2) is 8.42 Å². The number of carbonyl (C=O) groups excluding carboxylic acids is 2. The van der Waals surface area contributed by atoms with Crippen molar-refractivity contribution in [3.8, 4) is 0 Å². The Bertz CT molecular complexity index is 1610. The molecule has 0 fully saturated rings. The highest BCUT2D eigenvalue weighted by Crippen LogP contribution is 2.26. The number of aryl methyl sites for hydroxylation is 1. The fourth-order valence-electron chi connectivity index (χ4n) is 4.81. The summed E-state index contributed by atoms with van der Waals surface area (Å²) in [7, 11) is -4.18. The summed E-state index contributed by atoms with van der Waals surface area (Å²) >= 11 is 6.05. The van der Waals surface area contributed by atoms with Gasteiger partial charge in [0.25, 0.3) is 10.0 Å². The molecule has 0 spiro atoms. The van der Waals surface area contributed by atoms with Gasteiger partial charge in [0.15, 0.2) is 0 Å². The number of halogens is 1. The molecule has 7 nitrogen and oxygen atoms in total. The average Bonchev–Trinajstić information content (AvgIpc) is 3.03. The van der Waals surface area contributed by atoms with Crippen molar-refractivity contribution in [2.45, 2.75) is 50.6 Å². The lowest BCUT2D eigenvalue weighted by atomic mass is 10.0. The van der Waals surface area contributed by atoms with E-state index in [1.165, 1.54) is 29.2 Å². The summed E-state index contributed by atoms with van der Waals surface area (Å²) in [5.74, 6) is -0.785. The molecule has 0 aromatic heterocycles. The molecule has 9 heteroatoms. The zero-order chi connectivity index (χ0) is 31.5. The van der Waals surface area contributed by atoms with Crippen molar-refractivity contribution in [2.75, 3.05) is 17.4 Å². The number of nitrogens with zero attached hydrogens (tertiary/aromatic N) is 2. The van der Waals surface area contributed by atoms with Crippen LogP contribution in [0.4, 0.5) is 5.69 Å². The number of benzene rings is 4. The van der Waals surface area contributed by atoms with Gasteiger partial charge in [0.05, 0.1) is 10.6 Å². The first kappa shape index (κ1) is 32.8. The molecule has 0 aliphatic heterocycles. The molecule has 0 bridgehead atoms. The van der Waals surface area contributed by atoms with Gasteiger partial charge in [0.2, 0.25) is 11.8 Å². The number of carbonyl (C=O) groups is 2.